The monoisotopic (exact) mass is 346 g/mol. The highest BCUT2D eigenvalue weighted by Gasteiger charge is 2.23. The molecule has 0 unspecified atom stereocenters. The number of nitrogens with zero attached hydrogens (tertiary/aromatic N) is 4. The van der Waals surface area contributed by atoms with E-state index < -0.39 is 11.6 Å². The predicted molar refractivity (Wildman–Crippen MR) is 93.8 cm³/mol. The van der Waals surface area contributed by atoms with E-state index in [1.807, 2.05) is 0 Å². The Morgan fingerprint density at radius 1 is 0.500 bits per heavy atom. The van der Waals surface area contributed by atoms with Crippen LogP contribution in [0.3, 0.4) is 0 Å². The molecule has 4 heterocycles. The topological polar surface area (TPSA) is 51.6 Å². The van der Waals surface area contributed by atoms with Gasteiger partial charge >= 0.3 is 0 Å². The molecule has 4 aromatic heterocycles. The van der Waals surface area contributed by atoms with Crippen molar-refractivity contribution in [2.24, 2.45) is 0 Å². The normalized spacial score (nSPS) is 10.7. The third kappa shape index (κ3) is 2.82. The molecule has 126 valence electrons. The Kier molecular flexibility index (Phi) is 4.15. The summed E-state index contributed by atoms with van der Waals surface area (Å²) in [7, 11) is 0. The second-order valence-electron chi connectivity index (χ2n) is 5.52. The van der Waals surface area contributed by atoms with Crippen molar-refractivity contribution in [2.75, 3.05) is 0 Å². The lowest BCUT2D eigenvalue weighted by Gasteiger charge is -2.13. The van der Waals surface area contributed by atoms with Crippen molar-refractivity contribution < 1.29 is 8.78 Å². The van der Waals surface area contributed by atoms with Crippen molar-refractivity contribution in [1.29, 1.82) is 0 Å². The molecular formula is C20H12F2N4. The maximum Gasteiger partial charge on any atom is 0.160 e. The Labute approximate surface area is 148 Å². The molecule has 0 aromatic carbocycles. The first kappa shape index (κ1) is 16.0. The van der Waals surface area contributed by atoms with Crippen LogP contribution in [0.15, 0.2) is 73.6 Å². The van der Waals surface area contributed by atoms with Crippen LogP contribution < -0.4 is 0 Å². The molecule has 0 saturated heterocycles. The standard InChI is InChI=1S/C20H12F2N4/c21-17-16(13-1-7-23-8-2-13)18(22)20(15-5-11-25-12-6-15)26-19(17)14-3-9-24-10-4-14/h1-12H. The number of halogens is 2. The molecular weight excluding hydrogens is 334 g/mol. The molecule has 0 fully saturated rings. The first-order chi connectivity index (χ1) is 12.8. The molecule has 0 spiro atoms. The summed E-state index contributed by atoms with van der Waals surface area (Å²) in [6.45, 7) is 0. The maximum absolute atomic E-state index is 15.2. The minimum absolute atomic E-state index is 0.0624. The van der Waals surface area contributed by atoms with Gasteiger partial charge in [0.1, 0.15) is 11.4 Å². The van der Waals surface area contributed by atoms with Crippen LogP contribution in [0, 0.1) is 11.6 Å². The summed E-state index contributed by atoms with van der Waals surface area (Å²) in [5, 5.41) is 0. The van der Waals surface area contributed by atoms with E-state index >= 15 is 8.78 Å². The zero-order valence-corrected chi connectivity index (χ0v) is 13.5. The van der Waals surface area contributed by atoms with Gasteiger partial charge in [-0.25, -0.2) is 13.8 Å². The SMILES string of the molecule is Fc1c(-c2ccncc2)nc(-c2ccncc2)c(F)c1-c1ccncc1. The van der Waals surface area contributed by atoms with Crippen LogP contribution in [0.4, 0.5) is 8.78 Å². The van der Waals surface area contributed by atoms with E-state index in [9.17, 15) is 0 Å². The van der Waals surface area contributed by atoms with E-state index in [1.54, 1.807) is 36.4 Å². The highest BCUT2D eigenvalue weighted by atomic mass is 19.1. The third-order valence-electron chi connectivity index (χ3n) is 3.95. The van der Waals surface area contributed by atoms with E-state index in [4.69, 9.17) is 0 Å². The number of pyridine rings is 4. The fourth-order valence-corrected chi connectivity index (χ4v) is 2.72. The molecule has 0 bridgehead atoms. The molecule has 0 saturated carbocycles. The minimum atomic E-state index is -0.724. The first-order valence-corrected chi connectivity index (χ1v) is 7.86. The van der Waals surface area contributed by atoms with Crippen LogP contribution in [-0.4, -0.2) is 19.9 Å². The zero-order chi connectivity index (χ0) is 17.9. The van der Waals surface area contributed by atoms with Crippen LogP contribution in [0.2, 0.25) is 0 Å². The van der Waals surface area contributed by atoms with E-state index in [2.05, 4.69) is 19.9 Å². The Hall–Kier alpha value is -3.54. The Balaban J connectivity index is 2.05. The number of hydrogen-bond acceptors (Lipinski definition) is 4. The lowest BCUT2D eigenvalue weighted by molar-refractivity contribution is 0.585. The van der Waals surface area contributed by atoms with E-state index in [1.165, 1.54) is 37.2 Å². The van der Waals surface area contributed by atoms with E-state index in [-0.39, 0.29) is 17.0 Å². The van der Waals surface area contributed by atoms with Crippen molar-refractivity contribution in [3.8, 4) is 33.6 Å². The fraction of sp³-hybridized carbons (Fsp3) is 0. The van der Waals surface area contributed by atoms with Crippen LogP contribution in [-0.2, 0) is 0 Å². The van der Waals surface area contributed by atoms with Crippen LogP contribution in [0.5, 0.6) is 0 Å². The summed E-state index contributed by atoms with van der Waals surface area (Å²) in [6.07, 6.45) is 9.14. The molecule has 0 atom stereocenters. The van der Waals surface area contributed by atoms with Gasteiger partial charge in [-0.3, -0.25) is 15.0 Å². The van der Waals surface area contributed by atoms with Gasteiger partial charge in [0.15, 0.2) is 11.6 Å². The summed E-state index contributed by atoms with van der Waals surface area (Å²) in [5.74, 6) is -1.45. The molecule has 6 heteroatoms. The maximum atomic E-state index is 15.2. The Bertz CT molecular complexity index is 976. The summed E-state index contributed by atoms with van der Waals surface area (Å²) < 4.78 is 30.5. The largest absolute Gasteiger partial charge is 0.265 e. The summed E-state index contributed by atoms with van der Waals surface area (Å²) >= 11 is 0. The van der Waals surface area contributed by atoms with Crippen molar-refractivity contribution >= 4 is 0 Å². The van der Waals surface area contributed by atoms with Gasteiger partial charge in [0.2, 0.25) is 0 Å². The van der Waals surface area contributed by atoms with Gasteiger partial charge in [0, 0.05) is 48.3 Å². The third-order valence-corrected chi connectivity index (χ3v) is 3.95. The molecule has 0 aliphatic carbocycles. The molecule has 0 N–H and O–H groups in total. The molecule has 0 amide bonds. The highest BCUT2D eigenvalue weighted by molar-refractivity contribution is 5.77. The van der Waals surface area contributed by atoms with Gasteiger partial charge in [-0.05, 0) is 42.0 Å². The smallest absolute Gasteiger partial charge is 0.160 e. The summed E-state index contributed by atoms with van der Waals surface area (Å²) in [5.41, 5.74) is 1.41. The molecule has 4 nitrogen and oxygen atoms in total. The lowest BCUT2D eigenvalue weighted by atomic mass is 9.99. The second kappa shape index (κ2) is 6.76. The van der Waals surface area contributed by atoms with Crippen LogP contribution in [0.1, 0.15) is 0 Å². The van der Waals surface area contributed by atoms with Gasteiger partial charge in [-0.15, -0.1) is 0 Å². The number of aromatic nitrogens is 4. The quantitative estimate of drug-likeness (QED) is 0.546. The van der Waals surface area contributed by atoms with Crippen molar-refractivity contribution in [3.63, 3.8) is 0 Å². The molecule has 0 radical (unpaired) electrons. The number of hydrogen-bond donors (Lipinski definition) is 0. The minimum Gasteiger partial charge on any atom is -0.265 e. The summed E-state index contributed by atoms with van der Waals surface area (Å²) in [6, 6.07) is 9.67. The van der Waals surface area contributed by atoms with Gasteiger partial charge in [-0.2, -0.15) is 0 Å². The van der Waals surface area contributed by atoms with Gasteiger partial charge < -0.3 is 0 Å². The first-order valence-electron chi connectivity index (χ1n) is 7.86. The lowest BCUT2D eigenvalue weighted by Crippen LogP contribution is -2.02. The van der Waals surface area contributed by atoms with Crippen molar-refractivity contribution in [3.05, 3.63) is 85.2 Å². The van der Waals surface area contributed by atoms with Crippen LogP contribution in [0.25, 0.3) is 33.6 Å². The summed E-state index contributed by atoms with van der Waals surface area (Å²) in [4.78, 5) is 16.1. The van der Waals surface area contributed by atoms with Crippen molar-refractivity contribution in [2.45, 2.75) is 0 Å². The molecule has 4 rings (SSSR count). The molecule has 4 aromatic rings. The average molecular weight is 346 g/mol. The highest BCUT2D eigenvalue weighted by Crippen LogP contribution is 2.36. The van der Waals surface area contributed by atoms with E-state index in [0.29, 0.717) is 16.7 Å². The van der Waals surface area contributed by atoms with Gasteiger partial charge in [-0.1, -0.05) is 0 Å². The van der Waals surface area contributed by atoms with E-state index in [0.717, 1.165) is 0 Å². The molecule has 26 heavy (non-hydrogen) atoms. The second-order valence-corrected chi connectivity index (χ2v) is 5.52. The van der Waals surface area contributed by atoms with Gasteiger partial charge in [0.25, 0.3) is 0 Å². The fourth-order valence-electron chi connectivity index (χ4n) is 2.72. The van der Waals surface area contributed by atoms with Crippen LogP contribution >= 0.6 is 0 Å². The Morgan fingerprint density at radius 2 is 0.846 bits per heavy atom. The van der Waals surface area contributed by atoms with Gasteiger partial charge in [0.05, 0.1) is 5.56 Å². The number of rotatable bonds is 3. The van der Waals surface area contributed by atoms with Crippen molar-refractivity contribution in [1.82, 2.24) is 19.9 Å². The average Bonchev–Trinajstić information content (AvgIpc) is 2.70. The zero-order valence-electron chi connectivity index (χ0n) is 13.5. The Morgan fingerprint density at radius 3 is 1.23 bits per heavy atom. The molecule has 0 aliphatic rings. The predicted octanol–water partition coefficient (Wildman–Crippen LogP) is 4.55. The molecule has 0 aliphatic heterocycles.